The van der Waals surface area contributed by atoms with Crippen LogP contribution in [0.4, 0.5) is 0 Å². The molecule has 0 bridgehead atoms. The van der Waals surface area contributed by atoms with Crippen LogP contribution in [0.5, 0.6) is 0 Å². The van der Waals surface area contributed by atoms with Gasteiger partial charge in [0.2, 0.25) is 0 Å². The second kappa shape index (κ2) is 56.4. The summed E-state index contributed by atoms with van der Waals surface area (Å²) in [4.78, 5) is 38.1. The van der Waals surface area contributed by atoms with Crippen molar-refractivity contribution in [2.24, 2.45) is 0 Å². The minimum absolute atomic E-state index is 0.123. The largest absolute Gasteiger partial charge is 0.462 e. The molecule has 0 radical (unpaired) electrons. The smallest absolute Gasteiger partial charge is 0.306 e. The molecule has 0 aliphatic heterocycles. The summed E-state index contributed by atoms with van der Waals surface area (Å²) in [6.07, 6.45) is 77.7. The summed E-state index contributed by atoms with van der Waals surface area (Å²) in [6.45, 7) is 6.39. The molecule has 6 heteroatoms. The minimum Gasteiger partial charge on any atom is -0.462 e. The van der Waals surface area contributed by atoms with E-state index in [0.29, 0.717) is 19.3 Å². The molecule has 0 rings (SSSR count). The van der Waals surface area contributed by atoms with Gasteiger partial charge in [-0.3, -0.25) is 14.4 Å². The predicted octanol–water partition coefficient (Wildman–Crippen LogP) is 18.9. The van der Waals surface area contributed by atoms with Gasteiger partial charge >= 0.3 is 17.9 Å². The molecule has 0 N–H and O–H groups in total. The van der Waals surface area contributed by atoms with E-state index < -0.39 is 6.10 Å². The van der Waals surface area contributed by atoms with Crippen molar-refractivity contribution in [3.63, 3.8) is 0 Å². The maximum atomic E-state index is 12.8. The second-order valence-corrected chi connectivity index (χ2v) is 18.1. The van der Waals surface area contributed by atoms with Crippen LogP contribution in [0.1, 0.15) is 239 Å². The second-order valence-electron chi connectivity index (χ2n) is 18.1. The number of hydrogen-bond donors (Lipinski definition) is 0. The topological polar surface area (TPSA) is 78.9 Å². The Morgan fingerprint density at radius 1 is 0.304 bits per heavy atom. The Balaban J connectivity index is 4.58. The van der Waals surface area contributed by atoms with Crippen LogP contribution in [-0.2, 0) is 28.6 Å². The van der Waals surface area contributed by atoms with E-state index in [1.807, 2.05) is 0 Å². The fourth-order valence-electron chi connectivity index (χ4n) is 7.23. The molecule has 0 aromatic rings. The van der Waals surface area contributed by atoms with Crippen LogP contribution in [0.3, 0.4) is 0 Å². The maximum absolute atomic E-state index is 12.8. The highest BCUT2D eigenvalue weighted by Gasteiger charge is 2.19. The summed E-state index contributed by atoms with van der Waals surface area (Å²) < 4.78 is 16.7. The van der Waals surface area contributed by atoms with Gasteiger partial charge in [-0.1, -0.05) is 219 Å². The Labute approximate surface area is 424 Å². The number of rotatable bonds is 49. The predicted molar refractivity (Wildman–Crippen MR) is 297 cm³/mol. The average Bonchev–Trinajstić information content (AvgIpc) is 3.35. The summed E-state index contributed by atoms with van der Waals surface area (Å²) in [7, 11) is 0. The molecule has 0 heterocycles. The van der Waals surface area contributed by atoms with Crippen molar-refractivity contribution in [2.45, 2.75) is 245 Å². The number of carbonyl (C=O) groups excluding carboxylic acids is 3. The van der Waals surface area contributed by atoms with Crippen molar-refractivity contribution in [1.82, 2.24) is 0 Å². The molecule has 390 valence electrons. The normalized spacial score (nSPS) is 13.0. The first kappa shape index (κ1) is 64.8. The highest BCUT2D eigenvalue weighted by molar-refractivity contribution is 5.71. The summed E-state index contributed by atoms with van der Waals surface area (Å²) in [5.41, 5.74) is 0. The molecule has 0 saturated carbocycles. The van der Waals surface area contributed by atoms with Crippen LogP contribution in [0, 0.1) is 0 Å². The Morgan fingerprint density at radius 2 is 0.580 bits per heavy atom. The summed E-state index contributed by atoms with van der Waals surface area (Å²) in [6, 6.07) is 0. The third kappa shape index (κ3) is 54.6. The molecule has 1 atom stereocenters. The standard InChI is InChI=1S/C63H102O6/c1-4-7-10-13-16-19-22-25-28-31-34-37-40-43-46-49-52-55-61(64)67-58-60(69-63(66)57-54-51-48-45-42-39-36-33-30-27-24-21-18-15-12-9-6-3)59-68-62(65)56-53-50-47-44-41-38-35-32-29-26-23-20-17-14-11-8-5-2/h7,10,16-17,19-20,25-30,34,36-37,39,43,45-46,48,60H,4-6,8-9,11-15,18,21-24,31-33,35,38,40-42,44,47,49-59H2,1-3H3/b10-7-,19-16-,20-17-,28-25-,29-26-,30-27-,37-34-,39-36-,46-43-,48-45-. The van der Waals surface area contributed by atoms with Gasteiger partial charge in [0, 0.05) is 19.3 Å². The monoisotopic (exact) mass is 955 g/mol. The van der Waals surface area contributed by atoms with Gasteiger partial charge in [-0.2, -0.15) is 0 Å². The summed E-state index contributed by atoms with van der Waals surface area (Å²) in [5, 5.41) is 0. The first-order valence-corrected chi connectivity index (χ1v) is 28.0. The molecule has 0 amide bonds. The molecule has 0 aromatic carbocycles. The Hall–Kier alpha value is -4.19. The van der Waals surface area contributed by atoms with E-state index in [-0.39, 0.29) is 44.0 Å². The van der Waals surface area contributed by atoms with Gasteiger partial charge in [-0.15, -0.1) is 0 Å². The molecule has 0 aliphatic rings. The molecular formula is C63H102O6. The van der Waals surface area contributed by atoms with Crippen LogP contribution in [0.15, 0.2) is 122 Å². The van der Waals surface area contributed by atoms with E-state index in [1.165, 1.54) is 96.3 Å². The lowest BCUT2D eigenvalue weighted by atomic mass is 10.1. The lowest BCUT2D eigenvalue weighted by Crippen LogP contribution is -2.30. The van der Waals surface area contributed by atoms with Crippen LogP contribution < -0.4 is 0 Å². The number of carbonyl (C=O) groups is 3. The zero-order chi connectivity index (χ0) is 50.0. The van der Waals surface area contributed by atoms with Gasteiger partial charge in [0.05, 0.1) is 0 Å². The van der Waals surface area contributed by atoms with Crippen molar-refractivity contribution >= 4 is 17.9 Å². The maximum Gasteiger partial charge on any atom is 0.306 e. The van der Waals surface area contributed by atoms with Gasteiger partial charge in [0.1, 0.15) is 13.2 Å². The zero-order valence-corrected chi connectivity index (χ0v) is 44.5. The van der Waals surface area contributed by atoms with E-state index in [9.17, 15) is 14.4 Å². The lowest BCUT2D eigenvalue weighted by Gasteiger charge is -2.18. The Kier molecular flexibility index (Phi) is 53.0. The van der Waals surface area contributed by atoms with Gasteiger partial charge in [-0.05, 0) is 122 Å². The van der Waals surface area contributed by atoms with E-state index in [4.69, 9.17) is 14.2 Å². The molecule has 0 aromatic heterocycles. The van der Waals surface area contributed by atoms with Crippen molar-refractivity contribution < 1.29 is 28.6 Å². The fraction of sp³-hybridized carbons (Fsp3) is 0.635. The number of hydrogen-bond acceptors (Lipinski definition) is 6. The third-order valence-electron chi connectivity index (χ3n) is 11.4. The molecule has 69 heavy (non-hydrogen) atoms. The fourth-order valence-corrected chi connectivity index (χ4v) is 7.23. The zero-order valence-electron chi connectivity index (χ0n) is 44.5. The lowest BCUT2D eigenvalue weighted by molar-refractivity contribution is -0.167. The average molecular weight is 956 g/mol. The summed E-state index contributed by atoms with van der Waals surface area (Å²) in [5.74, 6) is -1.05. The van der Waals surface area contributed by atoms with Crippen LogP contribution in [-0.4, -0.2) is 37.2 Å². The number of allylic oxidation sites excluding steroid dienone is 20. The highest BCUT2D eigenvalue weighted by atomic mass is 16.6. The minimum atomic E-state index is -0.834. The molecule has 1 unspecified atom stereocenters. The molecule has 0 spiro atoms. The number of esters is 3. The Bertz CT molecular complexity index is 1470. The summed E-state index contributed by atoms with van der Waals surface area (Å²) >= 11 is 0. The van der Waals surface area contributed by atoms with Crippen LogP contribution in [0.25, 0.3) is 0 Å². The van der Waals surface area contributed by atoms with Crippen molar-refractivity contribution in [3.05, 3.63) is 122 Å². The van der Waals surface area contributed by atoms with Crippen molar-refractivity contribution in [2.75, 3.05) is 13.2 Å². The van der Waals surface area contributed by atoms with Gasteiger partial charge in [-0.25, -0.2) is 0 Å². The Morgan fingerprint density at radius 3 is 0.971 bits per heavy atom. The van der Waals surface area contributed by atoms with Crippen molar-refractivity contribution in [3.8, 4) is 0 Å². The van der Waals surface area contributed by atoms with Gasteiger partial charge < -0.3 is 14.2 Å². The van der Waals surface area contributed by atoms with Gasteiger partial charge in [0.15, 0.2) is 6.10 Å². The highest BCUT2D eigenvalue weighted by Crippen LogP contribution is 2.13. The van der Waals surface area contributed by atoms with Gasteiger partial charge in [0.25, 0.3) is 0 Å². The first-order chi connectivity index (χ1) is 34.0. The quantitative estimate of drug-likeness (QED) is 0.0262. The molecule has 6 nitrogen and oxygen atoms in total. The third-order valence-corrected chi connectivity index (χ3v) is 11.4. The van der Waals surface area contributed by atoms with E-state index in [0.717, 1.165) is 89.9 Å². The van der Waals surface area contributed by atoms with E-state index in [2.05, 4.69) is 142 Å². The molecule has 0 aliphatic carbocycles. The number of unbranched alkanes of at least 4 members (excludes halogenated alkanes) is 18. The number of ether oxygens (including phenoxy) is 3. The van der Waals surface area contributed by atoms with Crippen LogP contribution >= 0.6 is 0 Å². The molecule has 0 fully saturated rings. The first-order valence-electron chi connectivity index (χ1n) is 28.0. The van der Waals surface area contributed by atoms with Crippen molar-refractivity contribution in [1.29, 1.82) is 0 Å². The van der Waals surface area contributed by atoms with E-state index >= 15 is 0 Å². The van der Waals surface area contributed by atoms with Crippen LogP contribution in [0.2, 0.25) is 0 Å². The molecule has 0 saturated heterocycles. The SMILES string of the molecule is CC/C=C\C/C=C\C/C=C\C/C=C\C/C=C\CCCC(=O)OCC(COC(=O)CCCCCCCCC/C=C\C/C=C\CCCCC)OC(=O)CCC/C=C\C/C=C\C/C=C\CCCCCCCC. The van der Waals surface area contributed by atoms with E-state index in [1.54, 1.807) is 0 Å². The molecular weight excluding hydrogens is 853 g/mol.